The van der Waals surface area contributed by atoms with E-state index in [9.17, 15) is 0 Å². The summed E-state index contributed by atoms with van der Waals surface area (Å²) in [7, 11) is 2.08. The van der Waals surface area contributed by atoms with Crippen LogP contribution in [0.25, 0.3) is 0 Å². The van der Waals surface area contributed by atoms with E-state index in [1.165, 1.54) is 48.8 Å². The minimum Gasteiger partial charge on any atom is -0.317 e. The predicted octanol–water partition coefficient (Wildman–Crippen LogP) is 4.01. The number of nitrogens with one attached hydrogen (secondary N) is 1. The van der Waals surface area contributed by atoms with E-state index < -0.39 is 0 Å². The second-order valence-corrected chi connectivity index (χ2v) is 5.09. The molecule has 1 N–H and O–H groups in total. The monoisotopic (exact) mass is 233 g/mol. The van der Waals surface area contributed by atoms with Crippen LogP contribution in [0.4, 0.5) is 0 Å². The molecule has 1 unspecified atom stereocenters. The van der Waals surface area contributed by atoms with Crippen LogP contribution in [0.3, 0.4) is 0 Å². The third-order valence-corrected chi connectivity index (χ3v) is 3.63. The summed E-state index contributed by atoms with van der Waals surface area (Å²) in [5.41, 5.74) is 4.30. The molecule has 0 saturated heterocycles. The smallest absolute Gasteiger partial charge is 0.00640 e. The quantitative estimate of drug-likeness (QED) is 0.750. The van der Waals surface area contributed by atoms with Crippen molar-refractivity contribution in [3.8, 4) is 0 Å². The van der Waals surface area contributed by atoms with Crippen molar-refractivity contribution in [3.63, 3.8) is 0 Å². The highest BCUT2D eigenvalue weighted by atomic mass is 14.9. The molecule has 0 aliphatic rings. The van der Waals surface area contributed by atoms with Crippen LogP contribution in [0.15, 0.2) is 18.2 Å². The number of aryl methyl sites for hydroxylation is 3. The number of rotatable bonds is 7. The molecule has 0 radical (unpaired) electrons. The van der Waals surface area contributed by atoms with Crippen molar-refractivity contribution in [3.05, 3.63) is 34.9 Å². The lowest BCUT2D eigenvalue weighted by Gasteiger charge is -2.15. The minimum absolute atomic E-state index is 0.701. The van der Waals surface area contributed by atoms with Crippen LogP contribution in [0, 0.1) is 13.8 Å². The zero-order valence-corrected chi connectivity index (χ0v) is 11.8. The van der Waals surface area contributed by atoms with Gasteiger partial charge in [-0.1, -0.05) is 31.5 Å². The van der Waals surface area contributed by atoms with Crippen molar-refractivity contribution >= 4 is 0 Å². The van der Waals surface area contributed by atoms with Crippen molar-refractivity contribution in [1.29, 1.82) is 0 Å². The Morgan fingerprint density at radius 2 is 1.88 bits per heavy atom. The average Bonchev–Trinajstić information content (AvgIpc) is 2.32. The first-order chi connectivity index (χ1) is 8.17. The third-order valence-electron chi connectivity index (χ3n) is 3.63. The topological polar surface area (TPSA) is 12.0 Å². The van der Waals surface area contributed by atoms with Gasteiger partial charge in [-0.2, -0.15) is 0 Å². The Labute approximate surface area is 107 Å². The Morgan fingerprint density at radius 1 is 1.12 bits per heavy atom. The number of hydrogen-bond acceptors (Lipinski definition) is 1. The fourth-order valence-corrected chi connectivity index (χ4v) is 2.29. The largest absolute Gasteiger partial charge is 0.317 e. The Balaban J connectivity index is 2.37. The zero-order valence-electron chi connectivity index (χ0n) is 11.8. The van der Waals surface area contributed by atoms with Gasteiger partial charge in [-0.3, -0.25) is 0 Å². The van der Waals surface area contributed by atoms with Gasteiger partial charge < -0.3 is 5.32 Å². The molecule has 1 heteroatoms. The highest BCUT2D eigenvalue weighted by Crippen LogP contribution is 2.13. The van der Waals surface area contributed by atoms with Gasteiger partial charge in [-0.05, 0) is 63.3 Å². The summed E-state index contributed by atoms with van der Waals surface area (Å²) < 4.78 is 0. The van der Waals surface area contributed by atoms with Gasteiger partial charge in [0.05, 0.1) is 0 Å². The summed E-state index contributed by atoms with van der Waals surface area (Å²) >= 11 is 0. The highest BCUT2D eigenvalue weighted by Gasteiger charge is 2.04. The number of hydrogen-bond donors (Lipinski definition) is 1. The maximum atomic E-state index is 3.41. The van der Waals surface area contributed by atoms with Crippen LogP contribution in [-0.4, -0.2) is 13.1 Å². The minimum atomic E-state index is 0.701. The van der Waals surface area contributed by atoms with E-state index in [4.69, 9.17) is 0 Å². The fraction of sp³-hybridized carbons (Fsp3) is 0.625. The van der Waals surface area contributed by atoms with E-state index in [0.717, 1.165) is 0 Å². The molecule has 1 aromatic rings. The van der Waals surface area contributed by atoms with Crippen molar-refractivity contribution in [2.75, 3.05) is 7.05 Å². The summed E-state index contributed by atoms with van der Waals surface area (Å²) in [5.74, 6) is 0. The summed E-state index contributed by atoms with van der Waals surface area (Å²) in [6, 6.07) is 7.55. The summed E-state index contributed by atoms with van der Waals surface area (Å²) in [6.07, 6.45) is 6.35. The summed E-state index contributed by atoms with van der Waals surface area (Å²) in [6.45, 7) is 6.64. The molecule has 0 aliphatic heterocycles. The molecule has 1 rings (SSSR count). The molecule has 0 spiro atoms. The molecular weight excluding hydrogens is 206 g/mol. The second kappa shape index (κ2) is 7.50. The molecule has 0 bridgehead atoms. The molecule has 0 amide bonds. The normalized spacial score (nSPS) is 12.7. The van der Waals surface area contributed by atoms with Gasteiger partial charge in [-0.15, -0.1) is 0 Å². The lowest BCUT2D eigenvalue weighted by Crippen LogP contribution is -2.24. The molecule has 0 aliphatic carbocycles. The molecule has 0 heterocycles. The first kappa shape index (κ1) is 14.2. The van der Waals surface area contributed by atoms with Crippen molar-refractivity contribution in [1.82, 2.24) is 5.32 Å². The Bertz CT molecular complexity index is 330. The zero-order chi connectivity index (χ0) is 12.7. The first-order valence-corrected chi connectivity index (χ1v) is 6.90. The van der Waals surface area contributed by atoms with Gasteiger partial charge in [0.2, 0.25) is 0 Å². The predicted molar refractivity (Wildman–Crippen MR) is 76.6 cm³/mol. The molecule has 0 fully saturated rings. The van der Waals surface area contributed by atoms with Crippen LogP contribution >= 0.6 is 0 Å². The fourth-order valence-electron chi connectivity index (χ4n) is 2.29. The van der Waals surface area contributed by atoms with Gasteiger partial charge >= 0.3 is 0 Å². The molecule has 1 atom stereocenters. The molecule has 17 heavy (non-hydrogen) atoms. The lowest BCUT2D eigenvalue weighted by molar-refractivity contribution is 0.469. The van der Waals surface area contributed by atoms with E-state index in [2.05, 4.69) is 51.3 Å². The summed E-state index contributed by atoms with van der Waals surface area (Å²) in [4.78, 5) is 0. The van der Waals surface area contributed by atoms with E-state index in [1.807, 2.05) is 0 Å². The third kappa shape index (κ3) is 4.91. The number of benzene rings is 1. The molecule has 96 valence electrons. The Hall–Kier alpha value is -0.820. The van der Waals surface area contributed by atoms with Crippen molar-refractivity contribution in [2.45, 2.75) is 58.9 Å². The molecule has 0 saturated carbocycles. The first-order valence-electron chi connectivity index (χ1n) is 6.90. The van der Waals surface area contributed by atoms with Crippen LogP contribution < -0.4 is 5.32 Å². The maximum absolute atomic E-state index is 3.41. The van der Waals surface area contributed by atoms with Crippen molar-refractivity contribution < 1.29 is 0 Å². The van der Waals surface area contributed by atoms with Gasteiger partial charge in [0.15, 0.2) is 0 Å². The van der Waals surface area contributed by atoms with E-state index in [-0.39, 0.29) is 0 Å². The van der Waals surface area contributed by atoms with E-state index in [0.29, 0.717) is 6.04 Å². The molecule has 1 aromatic carbocycles. The second-order valence-electron chi connectivity index (χ2n) is 5.09. The Kier molecular flexibility index (Phi) is 6.28. The van der Waals surface area contributed by atoms with Gasteiger partial charge in [-0.25, -0.2) is 0 Å². The van der Waals surface area contributed by atoms with Crippen LogP contribution in [0.5, 0.6) is 0 Å². The van der Waals surface area contributed by atoms with Crippen LogP contribution in [-0.2, 0) is 6.42 Å². The van der Waals surface area contributed by atoms with E-state index in [1.54, 1.807) is 0 Å². The molecule has 0 aromatic heterocycles. The van der Waals surface area contributed by atoms with Crippen LogP contribution in [0.2, 0.25) is 0 Å². The van der Waals surface area contributed by atoms with Crippen LogP contribution in [0.1, 0.15) is 49.3 Å². The average molecular weight is 233 g/mol. The van der Waals surface area contributed by atoms with Crippen molar-refractivity contribution in [2.24, 2.45) is 0 Å². The maximum Gasteiger partial charge on any atom is 0.00640 e. The molecular formula is C16H27N. The van der Waals surface area contributed by atoms with Gasteiger partial charge in [0.1, 0.15) is 0 Å². The Morgan fingerprint density at radius 3 is 2.47 bits per heavy atom. The SMILES string of the molecule is CCCC(CCCc1ccc(C)c(C)c1)NC. The van der Waals surface area contributed by atoms with Gasteiger partial charge in [0, 0.05) is 6.04 Å². The lowest BCUT2D eigenvalue weighted by atomic mass is 9.99. The van der Waals surface area contributed by atoms with E-state index >= 15 is 0 Å². The molecule has 1 nitrogen and oxygen atoms in total. The summed E-state index contributed by atoms with van der Waals surface area (Å²) in [5, 5.41) is 3.41. The van der Waals surface area contributed by atoms with Gasteiger partial charge in [0.25, 0.3) is 0 Å². The standard InChI is InChI=1S/C16H27N/c1-5-7-16(17-4)9-6-8-15-11-10-13(2)14(3)12-15/h10-12,16-17H,5-9H2,1-4H3. The highest BCUT2D eigenvalue weighted by molar-refractivity contribution is 5.29.